The van der Waals surface area contributed by atoms with E-state index in [0.717, 1.165) is 0 Å². The number of rotatable bonds is 4. The van der Waals surface area contributed by atoms with Gasteiger partial charge < -0.3 is 0 Å². The van der Waals surface area contributed by atoms with Crippen molar-refractivity contribution in [3.63, 3.8) is 0 Å². The van der Waals surface area contributed by atoms with E-state index in [4.69, 9.17) is 0 Å². The van der Waals surface area contributed by atoms with Crippen LogP contribution < -0.4 is 0 Å². The van der Waals surface area contributed by atoms with Crippen molar-refractivity contribution in [2.45, 2.75) is 0 Å². The van der Waals surface area contributed by atoms with Gasteiger partial charge >= 0.3 is 0 Å². The standard InChI is InChI=1S/C58H36/c1-2-16-40-35-42(34-29-37(40)15-1)56-48-23-9-13-27-52(48)58(53-28-14-10-24-49(53)56)57-50-25-11-7-21-46(50)55(47-22-8-12-26-51(47)57)39-32-30-38(31-33-39)54-36-41-17-3-4-18-43(41)44-19-5-6-20-45(44)54/h1-36H. The summed E-state index contributed by atoms with van der Waals surface area (Å²) in [5, 5.41) is 17.7. The predicted octanol–water partition coefficient (Wildman–Crippen LogP) is 16.4. The summed E-state index contributed by atoms with van der Waals surface area (Å²) in [4.78, 5) is 0. The quantitative estimate of drug-likeness (QED) is 0.125. The van der Waals surface area contributed by atoms with Gasteiger partial charge in [-0.05, 0) is 132 Å². The van der Waals surface area contributed by atoms with Crippen molar-refractivity contribution in [2.24, 2.45) is 0 Å². The molecular formula is C58H36. The predicted molar refractivity (Wildman–Crippen MR) is 251 cm³/mol. The average Bonchev–Trinajstić information content (AvgIpc) is 3.30. The maximum Gasteiger partial charge on any atom is -0.00139 e. The molecule has 0 fully saturated rings. The van der Waals surface area contributed by atoms with Gasteiger partial charge in [0.1, 0.15) is 0 Å². The first-order valence-electron chi connectivity index (χ1n) is 20.2. The van der Waals surface area contributed by atoms with E-state index in [1.165, 1.54) is 120 Å². The van der Waals surface area contributed by atoms with Crippen LogP contribution in [0.2, 0.25) is 0 Å². The molecule has 268 valence electrons. The number of fused-ring (bicyclic) bond motifs is 8. The van der Waals surface area contributed by atoms with Gasteiger partial charge in [-0.2, -0.15) is 0 Å². The Balaban J connectivity index is 1.11. The molecule has 0 saturated carbocycles. The monoisotopic (exact) mass is 732 g/mol. The Hall–Kier alpha value is -7.54. The zero-order valence-corrected chi connectivity index (χ0v) is 31.8. The summed E-state index contributed by atoms with van der Waals surface area (Å²) in [5.74, 6) is 0. The highest BCUT2D eigenvalue weighted by Gasteiger charge is 2.22. The van der Waals surface area contributed by atoms with Crippen molar-refractivity contribution in [2.75, 3.05) is 0 Å². The van der Waals surface area contributed by atoms with Gasteiger partial charge in [0.25, 0.3) is 0 Å². The van der Waals surface area contributed by atoms with Gasteiger partial charge in [0, 0.05) is 0 Å². The van der Waals surface area contributed by atoms with Crippen LogP contribution in [0, 0.1) is 0 Å². The van der Waals surface area contributed by atoms with Crippen LogP contribution in [0.1, 0.15) is 0 Å². The summed E-state index contributed by atoms with van der Waals surface area (Å²) in [5.41, 5.74) is 10.1. The summed E-state index contributed by atoms with van der Waals surface area (Å²) < 4.78 is 0. The molecule has 0 nitrogen and oxygen atoms in total. The van der Waals surface area contributed by atoms with Crippen molar-refractivity contribution in [1.29, 1.82) is 0 Å². The molecular weight excluding hydrogens is 697 g/mol. The third-order valence-electron chi connectivity index (χ3n) is 12.4. The minimum absolute atomic E-state index is 1.22. The summed E-state index contributed by atoms with van der Waals surface area (Å²) in [6.07, 6.45) is 0. The molecule has 0 saturated heterocycles. The van der Waals surface area contributed by atoms with Gasteiger partial charge in [-0.3, -0.25) is 0 Å². The third kappa shape index (κ3) is 4.95. The molecule has 0 heterocycles. The molecule has 0 N–H and O–H groups in total. The highest BCUT2D eigenvalue weighted by Crippen LogP contribution is 2.50. The smallest absolute Gasteiger partial charge is 0.00139 e. The lowest BCUT2D eigenvalue weighted by molar-refractivity contribution is 1.64. The van der Waals surface area contributed by atoms with Crippen LogP contribution in [0.4, 0.5) is 0 Å². The zero-order chi connectivity index (χ0) is 38.2. The van der Waals surface area contributed by atoms with E-state index >= 15 is 0 Å². The molecule has 0 amide bonds. The number of hydrogen-bond donors (Lipinski definition) is 0. The summed E-state index contributed by atoms with van der Waals surface area (Å²) in [7, 11) is 0. The molecule has 58 heavy (non-hydrogen) atoms. The van der Waals surface area contributed by atoms with Crippen LogP contribution in [0.25, 0.3) is 120 Å². The summed E-state index contributed by atoms with van der Waals surface area (Å²) in [6, 6.07) is 80.9. The number of benzene rings is 12. The molecule has 0 spiro atoms. The van der Waals surface area contributed by atoms with Gasteiger partial charge in [0.2, 0.25) is 0 Å². The van der Waals surface area contributed by atoms with E-state index in [2.05, 4.69) is 218 Å². The number of hydrogen-bond acceptors (Lipinski definition) is 0. The van der Waals surface area contributed by atoms with E-state index in [-0.39, 0.29) is 0 Å². The molecule has 0 radical (unpaired) electrons. The lowest BCUT2D eigenvalue weighted by atomic mass is 9.81. The normalized spacial score (nSPS) is 11.8. The minimum atomic E-state index is 1.22. The largest absolute Gasteiger partial charge is 0.0616 e. The molecule has 0 aliphatic carbocycles. The fourth-order valence-corrected chi connectivity index (χ4v) is 9.87. The Morgan fingerprint density at radius 1 is 0.172 bits per heavy atom. The van der Waals surface area contributed by atoms with Crippen LogP contribution in [0.5, 0.6) is 0 Å². The molecule has 0 aliphatic heterocycles. The second kappa shape index (κ2) is 13.0. The fraction of sp³-hybridized carbons (Fsp3) is 0. The van der Waals surface area contributed by atoms with Gasteiger partial charge in [-0.15, -0.1) is 0 Å². The van der Waals surface area contributed by atoms with Gasteiger partial charge in [-0.25, -0.2) is 0 Å². The lowest BCUT2D eigenvalue weighted by Gasteiger charge is -2.22. The highest BCUT2D eigenvalue weighted by atomic mass is 14.2. The average molecular weight is 733 g/mol. The molecule has 0 unspecified atom stereocenters. The Labute approximate surface area is 336 Å². The first-order valence-corrected chi connectivity index (χ1v) is 20.2. The van der Waals surface area contributed by atoms with Crippen molar-refractivity contribution < 1.29 is 0 Å². The van der Waals surface area contributed by atoms with Crippen LogP contribution >= 0.6 is 0 Å². The first kappa shape index (κ1) is 32.7. The van der Waals surface area contributed by atoms with Crippen molar-refractivity contribution in [3.05, 3.63) is 218 Å². The second-order valence-electron chi connectivity index (χ2n) is 15.5. The molecule has 0 bridgehead atoms. The maximum atomic E-state index is 2.36. The molecule has 12 rings (SSSR count). The van der Waals surface area contributed by atoms with Crippen LogP contribution in [0.15, 0.2) is 218 Å². The SMILES string of the molecule is c1ccc2cc(-c3c4ccccc4c(-c4c5ccccc5c(-c5ccc(-c6cc7ccccc7c7ccccc67)cc5)c5ccccc45)c4ccccc34)ccc2c1. The topological polar surface area (TPSA) is 0 Å². The van der Waals surface area contributed by atoms with Gasteiger partial charge in [0.05, 0.1) is 0 Å². The van der Waals surface area contributed by atoms with E-state index < -0.39 is 0 Å². The van der Waals surface area contributed by atoms with Crippen molar-refractivity contribution in [3.8, 4) is 44.5 Å². The van der Waals surface area contributed by atoms with Gasteiger partial charge in [0.15, 0.2) is 0 Å². The van der Waals surface area contributed by atoms with Crippen LogP contribution in [-0.2, 0) is 0 Å². The van der Waals surface area contributed by atoms with Crippen LogP contribution in [0.3, 0.4) is 0 Å². The lowest BCUT2D eigenvalue weighted by Crippen LogP contribution is -1.94. The zero-order valence-electron chi connectivity index (χ0n) is 31.8. The molecule has 0 aliphatic rings. The van der Waals surface area contributed by atoms with Crippen LogP contribution in [-0.4, -0.2) is 0 Å². The molecule has 0 atom stereocenters. The molecule has 0 aromatic heterocycles. The van der Waals surface area contributed by atoms with Gasteiger partial charge in [-0.1, -0.05) is 206 Å². The molecule has 0 heteroatoms. The van der Waals surface area contributed by atoms with E-state index in [0.29, 0.717) is 0 Å². The minimum Gasteiger partial charge on any atom is -0.0616 e. The van der Waals surface area contributed by atoms with E-state index in [1.54, 1.807) is 0 Å². The van der Waals surface area contributed by atoms with E-state index in [1.807, 2.05) is 0 Å². The third-order valence-corrected chi connectivity index (χ3v) is 12.4. The molecule has 12 aromatic carbocycles. The Bertz CT molecular complexity index is 3490. The van der Waals surface area contributed by atoms with Crippen molar-refractivity contribution in [1.82, 2.24) is 0 Å². The Morgan fingerprint density at radius 2 is 0.517 bits per heavy atom. The summed E-state index contributed by atoms with van der Waals surface area (Å²) >= 11 is 0. The molecule has 12 aromatic rings. The van der Waals surface area contributed by atoms with Crippen molar-refractivity contribution >= 4 is 75.4 Å². The first-order chi connectivity index (χ1) is 28.8. The maximum absolute atomic E-state index is 2.36. The second-order valence-corrected chi connectivity index (χ2v) is 15.5. The highest BCUT2D eigenvalue weighted by molar-refractivity contribution is 6.30. The Kier molecular flexibility index (Phi) is 7.33. The van der Waals surface area contributed by atoms with E-state index in [9.17, 15) is 0 Å². The Morgan fingerprint density at radius 3 is 1.03 bits per heavy atom. The summed E-state index contributed by atoms with van der Waals surface area (Å²) in [6.45, 7) is 0. The fourth-order valence-electron chi connectivity index (χ4n) is 9.87.